The minimum Gasteiger partial charge on any atom is -0.376 e. The molecule has 0 amide bonds. The second-order valence-electron chi connectivity index (χ2n) is 3.15. The first-order valence-electron chi connectivity index (χ1n) is 4.71. The van der Waals surface area contributed by atoms with Gasteiger partial charge >= 0.3 is 8.25 Å². The van der Waals surface area contributed by atoms with Gasteiger partial charge in [0.15, 0.2) is 12.6 Å². The quantitative estimate of drug-likeness (QED) is 0.471. The maximum atomic E-state index is 11.2. The molecule has 2 N–H and O–H groups in total. The maximum Gasteiger partial charge on any atom is 0.323 e. The molecule has 0 aromatic heterocycles. The zero-order valence-corrected chi connectivity index (χ0v) is 10.7. The molecule has 0 aliphatic rings. The summed E-state index contributed by atoms with van der Waals surface area (Å²) in [7, 11) is -0.262. The molecule has 0 aliphatic heterocycles. The molecular formula is C8H19O7P. The molecule has 0 fully saturated rings. The molecule has 0 saturated heterocycles. The Morgan fingerprint density at radius 1 is 0.938 bits per heavy atom. The van der Waals surface area contributed by atoms with E-state index >= 15 is 0 Å². The summed E-state index contributed by atoms with van der Waals surface area (Å²) in [5.74, 6) is 0. The zero-order chi connectivity index (χ0) is 12.7. The van der Waals surface area contributed by atoms with E-state index in [9.17, 15) is 14.8 Å². The first kappa shape index (κ1) is 16.0. The molecule has 0 heterocycles. The third-order valence-corrected chi connectivity index (χ3v) is 2.85. The molecule has 0 rings (SSSR count). The molecule has 8 heteroatoms. The highest BCUT2D eigenvalue weighted by Crippen LogP contribution is 2.29. The van der Waals surface area contributed by atoms with E-state index in [1.807, 2.05) is 0 Å². The van der Waals surface area contributed by atoms with Gasteiger partial charge in [-0.1, -0.05) is 0 Å². The molecule has 7 nitrogen and oxygen atoms in total. The van der Waals surface area contributed by atoms with Crippen LogP contribution in [0, 0.1) is 0 Å². The van der Waals surface area contributed by atoms with Crippen molar-refractivity contribution >= 4 is 8.25 Å². The number of aliphatic hydroxyl groups is 2. The number of ether oxygens (including phenoxy) is 2. The van der Waals surface area contributed by atoms with Crippen molar-refractivity contribution in [2.24, 2.45) is 0 Å². The standard InChI is InChI=1S/C8H19O7P/c1-5(12-3)7(9)14-16(11)15-8(10)6(2)13-4/h5-10,16H,1-4H3. The van der Waals surface area contributed by atoms with E-state index in [-0.39, 0.29) is 0 Å². The third-order valence-electron chi connectivity index (χ3n) is 1.98. The van der Waals surface area contributed by atoms with Crippen LogP contribution in [-0.4, -0.2) is 49.2 Å². The predicted octanol–water partition coefficient (Wildman–Crippen LogP) is 0.116. The summed E-state index contributed by atoms with van der Waals surface area (Å²) in [6, 6.07) is 0. The van der Waals surface area contributed by atoms with E-state index in [0.717, 1.165) is 0 Å². The van der Waals surface area contributed by atoms with Gasteiger partial charge in [-0.25, -0.2) is 0 Å². The van der Waals surface area contributed by atoms with Crippen LogP contribution in [0.2, 0.25) is 0 Å². The van der Waals surface area contributed by atoms with Gasteiger partial charge in [-0.3, -0.25) is 13.6 Å². The van der Waals surface area contributed by atoms with Crippen LogP contribution in [0.3, 0.4) is 0 Å². The molecule has 0 spiro atoms. The van der Waals surface area contributed by atoms with Crippen molar-refractivity contribution in [2.45, 2.75) is 38.6 Å². The minimum absolute atomic E-state index is 0.644. The summed E-state index contributed by atoms with van der Waals surface area (Å²) in [5.41, 5.74) is 0. The molecule has 0 aromatic carbocycles. The van der Waals surface area contributed by atoms with Crippen LogP contribution in [-0.2, 0) is 23.1 Å². The predicted molar refractivity (Wildman–Crippen MR) is 56.1 cm³/mol. The zero-order valence-electron chi connectivity index (χ0n) is 9.75. The van der Waals surface area contributed by atoms with Gasteiger partial charge in [0.2, 0.25) is 0 Å². The molecular weight excluding hydrogens is 239 g/mol. The SMILES string of the molecule is COC(C)C(O)O[PH](=O)OC(O)C(C)OC. The van der Waals surface area contributed by atoms with E-state index in [2.05, 4.69) is 9.05 Å². The molecule has 0 aliphatic carbocycles. The van der Waals surface area contributed by atoms with Gasteiger partial charge in [-0.05, 0) is 13.8 Å². The molecule has 4 atom stereocenters. The summed E-state index contributed by atoms with van der Waals surface area (Å²) in [4.78, 5) is 0. The average Bonchev–Trinajstić information content (AvgIpc) is 2.26. The molecule has 16 heavy (non-hydrogen) atoms. The monoisotopic (exact) mass is 258 g/mol. The Balaban J connectivity index is 3.99. The van der Waals surface area contributed by atoms with E-state index in [1.165, 1.54) is 28.1 Å². The van der Waals surface area contributed by atoms with Crippen LogP contribution in [0.15, 0.2) is 0 Å². The fourth-order valence-corrected chi connectivity index (χ4v) is 1.48. The Morgan fingerprint density at radius 2 is 1.25 bits per heavy atom. The maximum absolute atomic E-state index is 11.2. The Bertz CT molecular complexity index is 193. The van der Waals surface area contributed by atoms with Crippen molar-refractivity contribution in [1.82, 2.24) is 0 Å². The topological polar surface area (TPSA) is 94.5 Å². The molecule has 4 unspecified atom stereocenters. The van der Waals surface area contributed by atoms with Gasteiger partial charge in [-0.2, -0.15) is 0 Å². The van der Waals surface area contributed by atoms with Crippen LogP contribution >= 0.6 is 8.25 Å². The van der Waals surface area contributed by atoms with Gasteiger partial charge in [0.05, 0.1) is 0 Å². The molecule has 0 radical (unpaired) electrons. The number of rotatable bonds is 8. The second kappa shape index (κ2) is 8.14. The number of methoxy groups -OCH3 is 2. The molecule has 0 bridgehead atoms. The van der Waals surface area contributed by atoms with E-state index in [0.29, 0.717) is 0 Å². The fourth-order valence-electron chi connectivity index (χ4n) is 0.649. The van der Waals surface area contributed by atoms with Crippen LogP contribution in [0.1, 0.15) is 13.8 Å². The Kier molecular flexibility index (Phi) is 8.13. The van der Waals surface area contributed by atoms with Gasteiger partial charge in [-0.15, -0.1) is 0 Å². The summed E-state index contributed by atoms with van der Waals surface area (Å²) >= 11 is 0. The van der Waals surface area contributed by atoms with Crippen molar-refractivity contribution < 1.29 is 33.3 Å². The van der Waals surface area contributed by atoms with E-state index in [1.54, 1.807) is 0 Å². The van der Waals surface area contributed by atoms with Crippen LogP contribution in [0.4, 0.5) is 0 Å². The first-order valence-corrected chi connectivity index (χ1v) is 5.93. The number of aliphatic hydroxyl groups excluding tert-OH is 2. The van der Waals surface area contributed by atoms with Crippen molar-refractivity contribution in [1.29, 1.82) is 0 Å². The lowest BCUT2D eigenvalue weighted by Crippen LogP contribution is -2.28. The van der Waals surface area contributed by atoms with Gasteiger partial charge < -0.3 is 19.7 Å². The molecule has 98 valence electrons. The molecule has 0 aromatic rings. The summed E-state index contributed by atoms with van der Waals surface area (Å²) < 4.78 is 29.9. The third kappa shape index (κ3) is 5.91. The summed E-state index contributed by atoms with van der Waals surface area (Å²) in [6.07, 6.45) is -4.04. The van der Waals surface area contributed by atoms with Crippen LogP contribution in [0.5, 0.6) is 0 Å². The lowest BCUT2D eigenvalue weighted by molar-refractivity contribution is -0.138. The number of hydrogen-bond donors (Lipinski definition) is 2. The van der Waals surface area contributed by atoms with Gasteiger partial charge in [0.1, 0.15) is 12.2 Å². The van der Waals surface area contributed by atoms with Crippen molar-refractivity contribution in [3.8, 4) is 0 Å². The van der Waals surface area contributed by atoms with Crippen molar-refractivity contribution in [3.05, 3.63) is 0 Å². The van der Waals surface area contributed by atoms with Crippen molar-refractivity contribution in [3.63, 3.8) is 0 Å². The highest BCUT2D eigenvalue weighted by Gasteiger charge is 2.21. The van der Waals surface area contributed by atoms with Crippen LogP contribution in [0.25, 0.3) is 0 Å². The Labute approximate surface area is 95.2 Å². The van der Waals surface area contributed by atoms with Crippen LogP contribution < -0.4 is 0 Å². The minimum atomic E-state index is -3.01. The van der Waals surface area contributed by atoms with Gasteiger partial charge in [0, 0.05) is 14.2 Å². The molecule has 0 saturated carbocycles. The highest BCUT2D eigenvalue weighted by molar-refractivity contribution is 7.33. The normalized spacial score (nSPS) is 21.1. The lowest BCUT2D eigenvalue weighted by atomic mass is 10.4. The van der Waals surface area contributed by atoms with Crippen molar-refractivity contribution in [2.75, 3.05) is 14.2 Å². The van der Waals surface area contributed by atoms with Gasteiger partial charge in [0.25, 0.3) is 0 Å². The lowest BCUT2D eigenvalue weighted by Gasteiger charge is -2.20. The Morgan fingerprint density at radius 3 is 1.50 bits per heavy atom. The average molecular weight is 258 g/mol. The second-order valence-corrected chi connectivity index (χ2v) is 4.12. The highest BCUT2D eigenvalue weighted by atomic mass is 31.1. The summed E-state index contributed by atoms with van der Waals surface area (Å²) in [5, 5.41) is 18.6. The smallest absolute Gasteiger partial charge is 0.323 e. The van der Waals surface area contributed by atoms with E-state index in [4.69, 9.17) is 9.47 Å². The van der Waals surface area contributed by atoms with E-state index < -0.39 is 33.0 Å². The first-order chi connectivity index (χ1) is 7.42. The Hall–Kier alpha value is -0.0100. The summed E-state index contributed by atoms with van der Waals surface area (Å²) in [6.45, 7) is 3.07. The number of hydrogen-bond acceptors (Lipinski definition) is 7. The largest absolute Gasteiger partial charge is 0.376 e. The fraction of sp³-hybridized carbons (Fsp3) is 1.00.